The van der Waals surface area contributed by atoms with Crippen LogP contribution in [-0.2, 0) is 23.9 Å². The van der Waals surface area contributed by atoms with Crippen LogP contribution in [0.5, 0.6) is 0 Å². The van der Waals surface area contributed by atoms with E-state index in [0.29, 0.717) is 36.0 Å². The van der Waals surface area contributed by atoms with Gasteiger partial charge in [-0.3, -0.25) is 14.4 Å². The van der Waals surface area contributed by atoms with Crippen molar-refractivity contribution in [2.75, 3.05) is 0 Å². The van der Waals surface area contributed by atoms with E-state index in [4.69, 9.17) is 9.47 Å². The van der Waals surface area contributed by atoms with E-state index in [1.165, 1.54) is 52.4 Å². The Morgan fingerprint density at radius 2 is 1.67 bits per heavy atom. The van der Waals surface area contributed by atoms with Gasteiger partial charge in [0.25, 0.3) is 0 Å². The molecule has 5 heteroatoms. The van der Waals surface area contributed by atoms with E-state index in [2.05, 4.69) is 34.6 Å². The lowest BCUT2D eigenvalue weighted by Gasteiger charge is -2.63. The van der Waals surface area contributed by atoms with E-state index in [0.717, 1.165) is 37.0 Å². The van der Waals surface area contributed by atoms with Crippen LogP contribution in [0.3, 0.4) is 0 Å². The predicted molar refractivity (Wildman–Crippen MR) is 140 cm³/mol. The lowest BCUT2D eigenvalue weighted by molar-refractivity contribution is -0.230. The molecule has 0 aromatic carbocycles. The van der Waals surface area contributed by atoms with Crippen molar-refractivity contribution in [2.24, 2.45) is 46.3 Å². The predicted octanol–water partition coefficient (Wildman–Crippen LogP) is 6.90. The minimum absolute atomic E-state index is 0.0657. The Morgan fingerprint density at radius 3 is 2.31 bits per heavy atom. The number of ketones is 1. The van der Waals surface area contributed by atoms with E-state index in [9.17, 15) is 14.4 Å². The van der Waals surface area contributed by atoms with Crippen LogP contribution in [0.1, 0.15) is 119 Å². The molecule has 0 radical (unpaired) electrons. The number of Topliss-reactive ketones (excluding diaryl/α,β-unsaturated/α-hetero) is 1. The summed E-state index contributed by atoms with van der Waals surface area (Å²) in [6.07, 6.45) is 10.6. The van der Waals surface area contributed by atoms with Gasteiger partial charge in [-0.1, -0.05) is 53.9 Å². The van der Waals surface area contributed by atoms with Crippen molar-refractivity contribution in [2.45, 2.75) is 131 Å². The summed E-state index contributed by atoms with van der Waals surface area (Å²) in [5, 5.41) is 0. The van der Waals surface area contributed by atoms with Crippen LogP contribution in [0, 0.1) is 46.3 Å². The van der Waals surface area contributed by atoms with Gasteiger partial charge in [0.2, 0.25) is 0 Å². The fourth-order valence-electron chi connectivity index (χ4n) is 9.80. The molecule has 0 saturated heterocycles. The van der Waals surface area contributed by atoms with Crippen molar-refractivity contribution in [3.8, 4) is 0 Å². The fraction of sp³-hybridized carbons (Fsp3) is 0.903. The molecule has 0 spiro atoms. The molecule has 4 fully saturated rings. The van der Waals surface area contributed by atoms with Crippen LogP contribution in [-0.4, -0.2) is 29.4 Å². The number of carbonyl (C=O) groups is 3. The second-order valence-electron chi connectivity index (χ2n) is 13.8. The normalized spacial score (nSPS) is 42.8. The summed E-state index contributed by atoms with van der Waals surface area (Å²) in [4.78, 5) is 38.1. The van der Waals surface area contributed by atoms with E-state index < -0.39 is 17.0 Å². The van der Waals surface area contributed by atoms with Gasteiger partial charge in [-0.25, -0.2) is 0 Å². The standard InChI is InChI=1S/C31H50O5/c1-19(2)9-8-10-20(3)25-11-12-26-24-17-28(34)31(36-22(5)33)18-23(35-21(4)32)13-16-30(31,7)27(24)14-15-29(25,26)6/h19-20,23-27H,8-18H2,1-7H3/t20-,23-,24+,25+,26+,27+,29-,30-,31+/m1/s1. The molecule has 0 heterocycles. The van der Waals surface area contributed by atoms with Gasteiger partial charge in [-0.2, -0.15) is 0 Å². The highest BCUT2D eigenvalue weighted by atomic mass is 16.6. The van der Waals surface area contributed by atoms with Crippen molar-refractivity contribution >= 4 is 17.7 Å². The summed E-state index contributed by atoms with van der Waals surface area (Å²) < 4.78 is 11.6. The Balaban J connectivity index is 1.59. The molecule has 4 aliphatic rings. The van der Waals surface area contributed by atoms with Gasteiger partial charge in [0.1, 0.15) is 6.10 Å². The molecule has 5 nitrogen and oxygen atoms in total. The molecule has 0 bridgehead atoms. The minimum atomic E-state index is -1.17. The number of hydrogen-bond acceptors (Lipinski definition) is 5. The van der Waals surface area contributed by atoms with Gasteiger partial charge in [0.05, 0.1) is 0 Å². The van der Waals surface area contributed by atoms with Crippen molar-refractivity contribution in [3.05, 3.63) is 0 Å². The average molecular weight is 503 g/mol. The maximum absolute atomic E-state index is 14.1. The molecule has 4 aliphatic carbocycles. The Morgan fingerprint density at radius 1 is 0.944 bits per heavy atom. The summed E-state index contributed by atoms with van der Waals surface area (Å²) in [6.45, 7) is 14.7. The number of ether oxygens (including phenoxy) is 2. The van der Waals surface area contributed by atoms with Crippen molar-refractivity contribution in [3.63, 3.8) is 0 Å². The molecule has 0 amide bonds. The average Bonchev–Trinajstić information content (AvgIpc) is 3.12. The second kappa shape index (κ2) is 10.1. The van der Waals surface area contributed by atoms with Crippen LogP contribution in [0.15, 0.2) is 0 Å². The SMILES string of the molecule is CC(=O)O[C@@H]1CC[C@]2(C)[C@H]3CC[C@@]4(C)[C@@H](CC[C@H]4[C@H](C)CCCC(C)C)[C@@H]3CC(=O)[C@@]2(OC(C)=O)C1. The first-order valence-electron chi connectivity index (χ1n) is 14.7. The summed E-state index contributed by atoms with van der Waals surface area (Å²) in [6, 6.07) is 0. The Bertz CT molecular complexity index is 865. The number of carbonyl (C=O) groups excluding carboxylic acids is 3. The van der Waals surface area contributed by atoms with Crippen molar-refractivity contribution < 1.29 is 23.9 Å². The monoisotopic (exact) mass is 502 g/mol. The molecular formula is C31H50O5. The lowest BCUT2D eigenvalue weighted by atomic mass is 9.42. The quantitative estimate of drug-likeness (QED) is 0.354. The fourth-order valence-corrected chi connectivity index (χ4v) is 9.80. The minimum Gasteiger partial charge on any atom is -0.462 e. The van der Waals surface area contributed by atoms with Gasteiger partial charge in [0.15, 0.2) is 11.4 Å². The molecule has 0 unspecified atom stereocenters. The molecule has 204 valence electrons. The highest BCUT2D eigenvalue weighted by Crippen LogP contribution is 2.69. The Hall–Kier alpha value is -1.39. The molecule has 0 aromatic heterocycles. The van der Waals surface area contributed by atoms with E-state index in [1.54, 1.807) is 0 Å². The number of esters is 2. The Kier molecular flexibility index (Phi) is 7.72. The molecule has 0 aliphatic heterocycles. The van der Waals surface area contributed by atoms with Gasteiger partial charge in [-0.15, -0.1) is 0 Å². The first-order valence-corrected chi connectivity index (χ1v) is 14.7. The largest absolute Gasteiger partial charge is 0.462 e. The second-order valence-corrected chi connectivity index (χ2v) is 13.8. The van der Waals surface area contributed by atoms with E-state index >= 15 is 0 Å². The van der Waals surface area contributed by atoms with Crippen LogP contribution >= 0.6 is 0 Å². The van der Waals surface area contributed by atoms with Crippen molar-refractivity contribution in [1.29, 1.82) is 0 Å². The summed E-state index contributed by atoms with van der Waals surface area (Å²) in [5.41, 5.74) is -1.28. The maximum Gasteiger partial charge on any atom is 0.303 e. The first kappa shape index (κ1) is 27.6. The topological polar surface area (TPSA) is 69.7 Å². The molecule has 9 atom stereocenters. The van der Waals surface area contributed by atoms with Crippen LogP contribution in [0.2, 0.25) is 0 Å². The van der Waals surface area contributed by atoms with Crippen LogP contribution in [0.25, 0.3) is 0 Å². The number of hydrogen-bond donors (Lipinski definition) is 0. The van der Waals surface area contributed by atoms with Gasteiger partial charge in [0, 0.05) is 32.1 Å². The first-order chi connectivity index (χ1) is 16.8. The highest BCUT2D eigenvalue weighted by molar-refractivity contribution is 5.92. The van der Waals surface area contributed by atoms with E-state index in [1.807, 2.05) is 0 Å². The molecule has 36 heavy (non-hydrogen) atoms. The summed E-state index contributed by atoms with van der Waals surface area (Å²) >= 11 is 0. The Labute approximate surface area is 218 Å². The van der Waals surface area contributed by atoms with E-state index in [-0.39, 0.29) is 17.9 Å². The zero-order valence-electron chi connectivity index (χ0n) is 23.9. The number of rotatable bonds is 7. The third kappa shape index (κ3) is 4.55. The smallest absolute Gasteiger partial charge is 0.303 e. The summed E-state index contributed by atoms with van der Waals surface area (Å²) in [5.74, 6) is 2.84. The summed E-state index contributed by atoms with van der Waals surface area (Å²) in [7, 11) is 0. The number of fused-ring (bicyclic) bond motifs is 5. The van der Waals surface area contributed by atoms with Crippen LogP contribution < -0.4 is 0 Å². The van der Waals surface area contributed by atoms with Gasteiger partial charge < -0.3 is 9.47 Å². The van der Waals surface area contributed by atoms with Gasteiger partial charge >= 0.3 is 11.9 Å². The molecule has 0 aromatic rings. The lowest BCUT2D eigenvalue weighted by Crippen LogP contribution is -2.68. The zero-order chi connectivity index (χ0) is 26.5. The maximum atomic E-state index is 14.1. The molecular weight excluding hydrogens is 452 g/mol. The highest BCUT2D eigenvalue weighted by Gasteiger charge is 2.70. The zero-order valence-corrected chi connectivity index (χ0v) is 23.9. The molecule has 4 saturated carbocycles. The van der Waals surface area contributed by atoms with Crippen molar-refractivity contribution in [1.82, 2.24) is 0 Å². The molecule has 4 rings (SSSR count). The van der Waals surface area contributed by atoms with Gasteiger partial charge in [-0.05, 0) is 79.4 Å². The third-order valence-electron chi connectivity index (χ3n) is 11.4. The molecule has 0 N–H and O–H groups in total. The van der Waals surface area contributed by atoms with Crippen LogP contribution in [0.4, 0.5) is 0 Å². The third-order valence-corrected chi connectivity index (χ3v) is 11.4.